The number of phosphoric ester groups is 1. The Morgan fingerprint density at radius 3 is 1.22 bits per heavy atom. The lowest BCUT2D eigenvalue weighted by atomic mass is 10.0. The third-order valence-corrected chi connectivity index (χ3v) is 13.8. The van der Waals surface area contributed by atoms with Crippen molar-refractivity contribution in [2.75, 3.05) is 40.9 Å². The topological polar surface area (TPSA) is 108 Å². The number of nitrogens with zero attached hydrogens (tertiary/aromatic N) is 1. The molecule has 0 aromatic carbocycles. The number of hydrogen-bond acceptors (Lipinski definition) is 6. The number of carbonyl (C=O) groups excluding carboxylic acids is 1. The Labute approximate surface area is 468 Å². The Morgan fingerprint density at radius 2 is 0.816 bits per heavy atom. The monoisotopic (exact) mass is 1070 g/mol. The molecule has 2 N–H and O–H groups in total. The summed E-state index contributed by atoms with van der Waals surface area (Å²) in [6.45, 7) is 4.47. The predicted octanol–water partition coefficient (Wildman–Crippen LogP) is 18.5. The number of nitrogens with one attached hydrogen (secondary N) is 1. The van der Waals surface area contributed by atoms with Gasteiger partial charge in [0, 0.05) is 6.42 Å². The fraction of sp³-hybridized carbons (Fsp3) is 0.657. The summed E-state index contributed by atoms with van der Waals surface area (Å²) in [5, 5.41) is 13.8. The summed E-state index contributed by atoms with van der Waals surface area (Å²) < 4.78 is 23.3. The second kappa shape index (κ2) is 56.4. The van der Waals surface area contributed by atoms with Gasteiger partial charge in [0.1, 0.15) is 13.2 Å². The minimum absolute atomic E-state index is 0.0249. The van der Waals surface area contributed by atoms with E-state index in [1.807, 2.05) is 27.2 Å². The first-order chi connectivity index (χ1) is 37.0. The zero-order valence-electron chi connectivity index (χ0n) is 49.4. The molecule has 0 aromatic rings. The third-order valence-electron chi connectivity index (χ3n) is 12.8. The molecule has 0 saturated carbocycles. The number of rotatable bonds is 54. The van der Waals surface area contributed by atoms with Crippen LogP contribution in [-0.4, -0.2) is 68.5 Å². The number of allylic oxidation sites excluding steroid dienone is 21. The zero-order valence-corrected chi connectivity index (χ0v) is 50.3. The number of aliphatic hydroxyl groups excluding tert-OH is 1. The highest BCUT2D eigenvalue weighted by atomic mass is 31.2. The average molecular weight is 1080 g/mol. The van der Waals surface area contributed by atoms with Crippen LogP contribution in [0, 0.1) is 0 Å². The van der Waals surface area contributed by atoms with Crippen molar-refractivity contribution in [2.24, 2.45) is 0 Å². The van der Waals surface area contributed by atoms with Crippen molar-refractivity contribution in [3.8, 4) is 0 Å². The Hall–Kier alpha value is -3.36. The van der Waals surface area contributed by atoms with E-state index in [1.54, 1.807) is 6.08 Å². The number of unbranched alkanes of at least 4 members (excludes halogenated alkanes) is 21. The zero-order chi connectivity index (χ0) is 55.6. The van der Waals surface area contributed by atoms with E-state index in [9.17, 15) is 19.4 Å². The van der Waals surface area contributed by atoms with Crippen molar-refractivity contribution in [2.45, 2.75) is 244 Å². The Balaban J connectivity index is 4.38. The van der Waals surface area contributed by atoms with E-state index in [1.165, 1.54) is 122 Å². The molecule has 0 aliphatic heterocycles. The van der Waals surface area contributed by atoms with Gasteiger partial charge in [0.2, 0.25) is 5.91 Å². The maximum absolute atomic E-state index is 13.0. The summed E-state index contributed by atoms with van der Waals surface area (Å²) in [6.07, 6.45) is 85.5. The van der Waals surface area contributed by atoms with Crippen LogP contribution in [0.5, 0.6) is 0 Å². The van der Waals surface area contributed by atoms with Crippen molar-refractivity contribution in [3.63, 3.8) is 0 Å². The summed E-state index contributed by atoms with van der Waals surface area (Å²) in [6, 6.07) is -0.946. The van der Waals surface area contributed by atoms with Crippen molar-refractivity contribution in [1.82, 2.24) is 5.32 Å². The van der Waals surface area contributed by atoms with Crippen LogP contribution < -0.4 is 10.2 Å². The molecular formula is C67H115N2O6P. The van der Waals surface area contributed by atoms with Crippen LogP contribution in [0.1, 0.15) is 232 Å². The molecule has 0 bridgehead atoms. The van der Waals surface area contributed by atoms with Crippen LogP contribution in [-0.2, 0) is 18.4 Å². The molecule has 9 heteroatoms. The molecule has 0 spiro atoms. The standard InChI is InChI=1S/C67H115N2O6P/c1-6-8-10-12-14-16-18-20-22-24-26-28-30-32-33-34-35-37-39-41-43-45-47-49-51-53-55-57-59-61-67(71)68-65(64-75-76(72,73)74-63-62-69(3,4)5)66(70)60-58-56-54-52-50-48-46-44-42-40-38-36-31-29-27-25-23-21-19-17-15-13-11-9-7-2/h8,10,14,16,20,22,26,28,32-33,35,37,41,43,47,49-50,52-53,55,58,60,65-66,70H,6-7,9,11-13,15,17-19,21,23-25,27,29-31,34,36,38-40,42,44-46,48,51,54,56-57,59,61-64H2,1-5H3,(H-,68,71,72,73)/b10-8-,16-14-,22-20-,28-26-,33-32-,37-35-,43-41-,49-47-,52-50+,55-53-,60-58+. The third kappa shape index (κ3) is 58.3. The first kappa shape index (κ1) is 72.6. The van der Waals surface area contributed by atoms with Gasteiger partial charge in [-0.05, 0) is 96.3 Å². The lowest BCUT2D eigenvalue weighted by Crippen LogP contribution is -2.45. The summed E-state index contributed by atoms with van der Waals surface area (Å²) in [7, 11) is 1.19. The molecule has 0 rings (SSSR count). The maximum atomic E-state index is 13.0. The lowest BCUT2D eigenvalue weighted by molar-refractivity contribution is -0.870. The van der Waals surface area contributed by atoms with Crippen molar-refractivity contribution < 1.29 is 32.9 Å². The largest absolute Gasteiger partial charge is 0.756 e. The van der Waals surface area contributed by atoms with Gasteiger partial charge < -0.3 is 28.8 Å². The maximum Gasteiger partial charge on any atom is 0.268 e. The van der Waals surface area contributed by atoms with E-state index in [4.69, 9.17) is 9.05 Å². The molecule has 434 valence electrons. The van der Waals surface area contributed by atoms with Gasteiger partial charge in [-0.15, -0.1) is 0 Å². The average Bonchev–Trinajstić information content (AvgIpc) is 3.38. The van der Waals surface area contributed by atoms with E-state index in [-0.39, 0.29) is 18.9 Å². The molecule has 0 aromatic heterocycles. The quantitative estimate of drug-likeness (QED) is 0.0272. The minimum atomic E-state index is -4.63. The van der Waals surface area contributed by atoms with Crippen molar-refractivity contribution >= 4 is 13.7 Å². The molecule has 3 atom stereocenters. The number of phosphoric acid groups is 1. The van der Waals surface area contributed by atoms with E-state index in [2.05, 4.69) is 141 Å². The van der Waals surface area contributed by atoms with Gasteiger partial charge in [-0.3, -0.25) is 9.36 Å². The molecule has 3 unspecified atom stereocenters. The molecule has 0 radical (unpaired) electrons. The van der Waals surface area contributed by atoms with E-state index < -0.39 is 26.6 Å². The van der Waals surface area contributed by atoms with Crippen LogP contribution >= 0.6 is 7.82 Å². The predicted molar refractivity (Wildman–Crippen MR) is 329 cm³/mol. The van der Waals surface area contributed by atoms with Gasteiger partial charge in [-0.1, -0.05) is 263 Å². The van der Waals surface area contributed by atoms with Crippen LogP contribution in [0.4, 0.5) is 0 Å². The van der Waals surface area contributed by atoms with E-state index >= 15 is 0 Å². The fourth-order valence-electron chi connectivity index (χ4n) is 8.11. The molecule has 1 amide bonds. The summed E-state index contributed by atoms with van der Waals surface area (Å²) in [5.74, 6) is -0.269. The van der Waals surface area contributed by atoms with Gasteiger partial charge in [-0.2, -0.15) is 0 Å². The molecular weight excluding hydrogens is 960 g/mol. The fourth-order valence-corrected chi connectivity index (χ4v) is 8.83. The van der Waals surface area contributed by atoms with Crippen molar-refractivity contribution in [3.05, 3.63) is 134 Å². The second-order valence-corrected chi connectivity index (χ2v) is 22.7. The highest BCUT2D eigenvalue weighted by Crippen LogP contribution is 2.38. The highest BCUT2D eigenvalue weighted by Gasteiger charge is 2.23. The number of quaternary nitrogens is 1. The molecule has 0 heterocycles. The Bertz CT molecular complexity index is 1700. The molecule has 0 aliphatic rings. The SMILES string of the molecule is CC/C=C\C/C=C\C/C=C\C/C=C\C/C=C\C/C=C\C/C=C\C/C=C\C/C=C\CCCC(=O)NC(COP(=O)([O-])OCC[N+](C)(C)C)C(O)/C=C/CC/C=C/CCCCCCCCCCCCCCCCCCCCC. The second-order valence-electron chi connectivity index (χ2n) is 21.3. The van der Waals surface area contributed by atoms with Gasteiger partial charge in [0.05, 0.1) is 39.9 Å². The number of amides is 1. The summed E-state index contributed by atoms with van der Waals surface area (Å²) in [4.78, 5) is 25.5. The molecule has 0 saturated heterocycles. The van der Waals surface area contributed by atoms with Crippen LogP contribution in [0.15, 0.2) is 134 Å². The number of hydrogen-bond donors (Lipinski definition) is 2. The Kier molecular flexibility index (Phi) is 53.9. The highest BCUT2D eigenvalue weighted by molar-refractivity contribution is 7.45. The van der Waals surface area contributed by atoms with Gasteiger partial charge in [0.25, 0.3) is 7.82 Å². The molecule has 0 aliphatic carbocycles. The first-order valence-corrected chi connectivity index (χ1v) is 32.0. The number of likely N-dealkylation sites (N-methyl/N-ethyl adjacent to an activating group) is 1. The number of aliphatic hydroxyl groups is 1. The summed E-state index contributed by atoms with van der Waals surface area (Å²) >= 11 is 0. The van der Waals surface area contributed by atoms with Crippen LogP contribution in [0.25, 0.3) is 0 Å². The van der Waals surface area contributed by atoms with Gasteiger partial charge in [0.15, 0.2) is 0 Å². The lowest BCUT2D eigenvalue weighted by Gasteiger charge is -2.29. The molecule has 0 fully saturated rings. The molecule has 8 nitrogen and oxygen atoms in total. The van der Waals surface area contributed by atoms with Crippen LogP contribution in [0.3, 0.4) is 0 Å². The van der Waals surface area contributed by atoms with E-state index in [0.717, 1.165) is 83.5 Å². The van der Waals surface area contributed by atoms with Crippen LogP contribution in [0.2, 0.25) is 0 Å². The van der Waals surface area contributed by atoms with Gasteiger partial charge in [-0.25, -0.2) is 0 Å². The molecule has 76 heavy (non-hydrogen) atoms. The summed E-state index contributed by atoms with van der Waals surface area (Å²) in [5.41, 5.74) is 0. The number of carbonyl (C=O) groups is 1. The van der Waals surface area contributed by atoms with Gasteiger partial charge >= 0.3 is 0 Å². The Morgan fingerprint density at radius 1 is 0.474 bits per heavy atom. The van der Waals surface area contributed by atoms with Crippen molar-refractivity contribution in [1.29, 1.82) is 0 Å². The van der Waals surface area contributed by atoms with E-state index in [0.29, 0.717) is 17.4 Å². The minimum Gasteiger partial charge on any atom is -0.756 e. The normalized spacial score (nSPS) is 14.8. The smallest absolute Gasteiger partial charge is 0.268 e. The first-order valence-electron chi connectivity index (χ1n) is 30.5.